The number of rotatable bonds is 2. The summed E-state index contributed by atoms with van der Waals surface area (Å²) in [5.41, 5.74) is 2.62. The van der Waals surface area contributed by atoms with Crippen LogP contribution in [0.1, 0.15) is 12.6 Å². The molecule has 0 aliphatic heterocycles. The third-order valence-electron chi connectivity index (χ3n) is 2.71. The third kappa shape index (κ3) is 1.27. The molecule has 0 amide bonds. The SMILES string of the molecule is CCc1cc2cc(OC)ccc2n1C. The van der Waals surface area contributed by atoms with Crippen LogP contribution in [0.4, 0.5) is 0 Å². The average Bonchev–Trinajstić information content (AvgIpc) is 2.55. The van der Waals surface area contributed by atoms with Gasteiger partial charge < -0.3 is 9.30 Å². The summed E-state index contributed by atoms with van der Waals surface area (Å²) in [7, 11) is 3.80. The van der Waals surface area contributed by atoms with Crippen LogP contribution in [0.2, 0.25) is 0 Å². The number of nitrogens with zero attached hydrogens (tertiary/aromatic N) is 1. The Morgan fingerprint density at radius 1 is 1.29 bits per heavy atom. The summed E-state index contributed by atoms with van der Waals surface area (Å²) in [6, 6.07) is 8.40. The van der Waals surface area contributed by atoms with Crippen LogP contribution >= 0.6 is 0 Å². The van der Waals surface area contributed by atoms with Gasteiger partial charge in [0.25, 0.3) is 0 Å². The van der Waals surface area contributed by atoms with Crippen molar-refractivity contribution in [3.8, 4) is 5.75 Å². The summed E-state index contributed by atoms with van der Waals surface area (Å²) in [6.07, 6.45) is 1.06. The molecule has 0 unspecified atom stereocenters. The lowest BCUT2D eigenvalue weighted by Crippen LogP contribution is -1.93. The van der Waals surface area contributed by atoms with E-state index in [0.29, 0.717) is 0 Å². The second-order valence-electron chi connectivity index (χ2n) is 3.47. The van der Waals surface area contributed by atoms with E-state index in [1.165, 1.54) is 16.6 Å². The molecule has 0 bridgehead atoms. The van der Waals surface area contributed by atoms with Crippen LogP contribution in [0.25, 0.3) is 10.9 Å². The predicted molar refractivity (Wildman–Crippen MR) is 58.8 cm³/mol. The minimum atomic E-state index is 0.922. The Hall–Kier alpha value is -1.44. The Morgan fingerprint density at radius 2 is 2.07 bits per heavy atom. The Morgan fingerprint density at radius 3 is 2.71 bits per heavy atom. The van der Waals surface area contributed by atoms with Gasteiger partial charge in [-0.3, -0.25) is 0 Å². The topological polar surface area (TPSA) is 14.2 Å². The van der Waals surface area contributed by atoms with Crippen molar-refractivity contribution in [2.45, 2.75) is 13.3 Å². The van der Waals surface area contributed by atoms with Crippen molar-refractivity contribution in [3.63, 3.8) is 0 Å². The first-order valence-electron chi connectivity index (χ1n) is 4.88. The lowest BCUT2D eigenvalue weighted by Gasteiger charge is -2.01. The third-order valence-corrected chi connectivity index (χ3v) is 2.71. The monoisotopic (exact) mass is 189 g/mol. The highest BCUT2D eigenvalue weighted by molar-refractivity contribution is 5.82. The van der Waals surface area contributed by atoms with Gasteiger partial charge in [0.1, 0.15) is 5.75 Å². The zero-order chi connectivity index (χ0) is 10.1. The predicted octanol–water partition coefficient (Wildman–Crippen LogP) is 2.75. The van der Waals surface area contributed by atoms with Gasteiger partial charge in [-0.1, -0.05) is 6.92 Å². The van der Waals surface area contributed by atoms with E-state index >= 15 is 0 Å². The van der Waals surface area contributed by atoms with Crippen LogP contribution in [0.5, 0.6) is 5.75 Å². The van der Waals surface area contributed by atoms with E-state index in [2.05, 4.69) is 36.7 Å². The van der Waals surface area contributed by atoms with E-state index in [1.807, 2.05) is 6.07 Å². The molecule has 14 heavy (non-hydrogen) atoms. The van der Waals surface area contributed by atoms with Gasteiger partial charge in [0.15, 0.2) is 0 Å². The van der Waals surface area contributed by atoms with Gasteiger partial charge in [-0.15, -0.1) is 0 Å². The summed E-state index contributed by atoms with van der Waals surface area (Å²) in [6.45, 7) is 2.17. The standard InChI is InChI=1S/C12H15NO/c1-4-10-7-9-8-11(14-3)5-6-12(9)13(10)2/h5-8H,4H2,1-3H3. The highest BCUT2D eigenvalue weighted by Gasteiger charge is 2.04. The van der Waals surface area contributed by atoms with Crippen LogP contribution in [-0.4, -0.2) is 11.7 Å². The fourth-order valence-electron chi connectivity index (χ4n) is 1.85. The van der Waals surface area contributed by atoms with Gasteiger partial charge >= 0.3 is 0 Å². The zero-order valence-corrected chi connectivity index (χ0v) is 8.87. The molecule has 1 aromatic heterocycles. The molecular weight excluding hydrogens is 174 g/mol. The molecular formula is C12H15NO. The lowest BCUT2D eigenvalue weighted by molar-refractivity contribution is 0.415. The lowest BCUT2D eigenvalue weighted by atomic mass is 10.2. The van der Waals surface area contributed by atoms with Crippen molar-refractivity contribution in [3.05, 3.63) is 30.0 Å². The highest BCUT2D eigenvalue weighted by Crippen LogP contribution is 2.23. The molecule has 0 aliphatic rings. The minimum absolute atomic E-state index is 0.922. The Balaban J connectivity index is 2.66. The van der Waals surface area contributed by atoms with Crippen molar-refractivity contribution in [1.82, 2.24) is 4.57 Å². The van der Waals surface area contributed by atoms with Crippen LogP contribution in [0.3, 0.4) is 0 Å². The molecule has 2 heteroatoms. The van der Waals surface area contributed by atoms with Crippen molar-refractivity contribution in [2.75, 3.05) is 7.11 Å². The van der Waals surface area contributed by atoms with Gasteiger partial charge in [0.05, 0.1) is 7.11 Å². The Kier molecular flexibility index (Phi) is 2.20. The molecule has 0 radical (unpaired) electrons. The number of hydrogen-bond acceptors (Lipinski definition) is 1. The molecule has 0 N–H and O–H groups in total. The first kappa shape index (κ1) is 9.13. The number of hydrogen-bond donors (Lipinski definition) is 0. The van der Waals surface area contributed by atoms with E-state index in [4.69, 9.17) is 4.74 Å². The number of aryl methyl sites for hydroxylation is 2. The highest BCUT2D eigenvalue weighted by atomic mass is 16.5. The minimum Gasteiger partial charge on any atom is -0.497 e. The summed E-state index contributed by atoms with van der Waals surface area (Å²) >= 11 is 0. The molecule has 1 heterocycles. The maximum Gasteiger partial charge on any atom is 0.119 e. The molecule has 0 fully saturated rings. The quantitative estimate of drug-likeness (QED) is 0.708. The van der Waals surface area contributed by atoms with E-state index in [-0.39, 0.29) is 0 Å². The molecule has 0 saturated carbocycles. The number of fused-ring (bicyclic) bond motifs is 1. The molecule has 0 spiro atoms. The van der Waals surface area contributed by atoms with E-state index in [1.54, 1.807) is 7.11 Å². The molecule has 2 aromatic rings. The Bertz CT molecular complexity index is 457. The Labute approximate surface area is 84.1 Å². The van der Waals surface area contributed by atoms with Gasteiger partial charge in [-0.05, 0) is 30.7 Å². The summed E-state index contributed by atoms with van der Waals surface area (Å²) in [5.74, 6) is 0.922. The molecule has 1 aromatic carbocycles. The van der Waals surface area contributed by atoms with Gasteiger partial charge in [-0.2, -0.15) is 0 Å². The van der Waals surface area contributed by atoms with Crippen LogP contribution < -0.4 is 4.74 Å². The van der Waals surface area contributed by atoms with E-state index < -0.39 is 0 Å². The number of benzene rings is 1. The first-order chi connectivity index (χ1) is 6.76. The molecule has 0 saturated heterocycles. The summed E-state index contributed by atoms with van der Waals surface area (Å²) in [5, 5.41) is 1.25. The average molecular weight is 189 g/mol. The van der Waals surface area contributed by atoms with Gasteiger partial charge in [0.2, 0.25) is 0 Å². The van der Waals surface area contributed by atoms with Gasteiger partial charge in [0, 0.05) is 23.6 Å². The second kappa shape index (κ2) is 3.37. The number of aromatic nitrogens is 1. The van der Waals surface area contributed by atoms with Crippen LogP contribution in [0.15, 0.2) is 24.3 Å². The maximum atomic E-state index is 5.20. The molecule has 0 atom stereocenters. The van der Waals surface area contributed by atoms with Crippen molar-refractivity contribution in [2.24, 2.45) is 7.05 Å². The second-order valence-corrected chi connectivity index (χ2v) is 3.47. The fraction of sp³-hybridized carbons (Fsp3) is 0.333. The van der Waals surface area contributed by atoms with Crippen molar-refractivity contribution in [1.29, 1.82) is 0 Å². The first-order valence-corrected chi connectivity index (χ1v) is 4.88. The number of ether oxygens (including phenoxy) is 1. The van der Waals surface area contributed by atoms with Crippen molar-refractivity contribution >= 4 is 10.9 Å². The van der Waals surface area contributed by atoms with Gasteiger partial charge in [-0.25, -0.2) is 0 Å². The van der Waals surface area contributed by atoms with E-state index in [0.717, 1.165) is 12.2 Å². The van der Waals surface area contributed by atoms with Crippen LogP contribution in [-0.2, 0) is 13.5 Å². The molecule has 0 aliphatic carbocycles. The molecule has 74 valence electrons. The largest absolute Gasteiger partial charge is 0.497 e. The molecule has 2 rings (SSSR count). The van der Waals surface area contributed by atoms with Crippen LogP contribution in [0, 0.1) is 0 Å². The fourth-order valence-corrected chi connectivity index (χ4v) is 1.85. The summed E-state index contributed by atoms with van der Waals surface area (Å²) < 4.78 is 7.43. The van der Waals surface area contributed by atoms with Crippen molar-refractivity contribution < 1.29 is 4.74 Å². The smallest absolute Gasteiger partial charge is 0.119 e. The normalized spacial score (nSPS) is 10.8. The number of methoxy groups -OCH3 is 1. The van der Waals surface area contributed by atoms with E-state index in [9.17, 15) is 0 Å². The summed E-state index contributed by atoms with van der Waals surface area (Å²) in [4.78, 5) is 0. The maximum absolute atomic E-state index is 5.20. The molecule has 2 nitrogen and oxygen atoms in total. The zero-order valence-electron chi connectivity index (χ0n) is 8.87.